The summed E-state index contributed by atoms with van der Waals surface area (Å²) >= 11 is 1.64. The van der Waals surface area contributed by atoms with Crippen LogP contribution >= 0.6 is 11.3 Å². The normalized spacial score (nSPS) is 11.0. The molecule has 0 radical (unpaired) electrons. The Morgan fingerprint density at radius 2 is 1.48 bits per heavy atom. The van der Waals surface area contributed by atoms with Gasteiger partial charge in [0.05, 0.1) is 11.1 Å². The molecule has 0 amide bonds. The van der Waals surface area contributed by atoms with E-state index in [2.05, 4.69) is 17.1 Å². The van der Waals surface area contributed by atoms with Crippen LogP contribution in [0.25, 0.3) is 10.1 Å². The molecule has 0 saturated heterocycles. The third kappa shape index (κ3) is 6.03. The smallest absolute Gasteiger partial charge is 0.222 e. The van der Waals surface area contributed by atoms with Crippen LogP contribution in [0.5, 0.6) is 0 Å². The van der Waals surface area contributed by atoms with Crippen molar-refractivity contribution in [2.75, 3.05) is 0 Å². The molecule has 0 aliphatic heterocycles. The number of halogens is 1. The van der Waals surface area contributed by atoms with Crippen molar-refractivity contribution in [1.29, 1.82) is 0 Å². The fourth-order valence-corrected chi connectivity index (χ4v) is 3.02. The highest BCUT2D eigenvalue weighted by Crippen LogP contribution is 2.17. The van der Waals surface area contributed by atoms with E-state index < -0.39 is 10.2 Å². The fraction of sp³-hybridized carbons (Fsp3) is 0.0667. The summed E-state index contributed by atoms with van der Waals surface area (Å²) in [5.41, 5.74) is 1.20. The van der Waals surface area contributed by atoms with Gasteiger partial charge in [-0.15, -0.1) is 10.2 Å². The van der Waals surface area contributed by atoms with Crippen LogP contribution in [-0.2, 0) is 6.42 Å². The molecule has 23 heavy (non-hydrogen) atoms. The van der Waals surface area contributed by atoms with Crippen LogP contribution in [0, 0.1) is 10.2 Å². The molecular weight excluding hydrogens is 342 g/mol. The minimum atomic E-state index is -4.94. The highest BCUT2D eigenvalue weighted by molar-refractivity contribution is 7.17. The lowest BCUT2D eigenvalue weighted by atomic mass is 10.2. The highest BCUT2D eigenvalue weighted by Gasteiger charge is 2.10. The molecule has 0 bridgehead atoms. The van der Waals surface area contributed by atoms with Crippen molar-refractivity contribution in [3.8, 4) is 0 Å². The van der Waals surface area contributed by atoms with Crippen LogP contribution in [-0.4, -0.2) is 0 Å². The highest BCUT2D eigenvalue weighted by atomic mass is 35.7. The topological polar surface area (TPSA) is 123 Å². The summed E-state index contributed by atoms with van der Waals surface area (Å²) in [6, 6.07) is 17.9. The van der Waals surface area contributed by atoms with Gasteiger partial charge in [-0.3, -0.25) is 0 Å². The van der Waals surface area contributed by atoms with Crippen LogP contribution in [0.4, 0.5) is 0 Å². The quantitative estimate of drug-likeness (QED) is 0.522. The van der Waals surface area contributed by atoms with Crippen molar-refractivity contribution < 1.29 is 33.9 Å². The molecule has 3 rings (SSSR count). The standard InChI is InChI=1S/C15H11NOS.ClHO4/c17-15-12-8-4-5-9-13(12)18-14(16-15)10-11-6-2-1-3-7-11;2-1(3,4)5/h1-9H,10H2;(H,2,3,4,5). The Kier molecular flexibility index (Phi) is 5.78. The lowest BCUT2D eigenvalue weighted by Gasteiger charge is -2.17. The molecule has 0 aliphatic rings. The van der Waals surface area contributed by atoms with E-state index in [1.54, 1.807) is 11.3 Å². The summed E-state index contributed by atoms with van der Waals surface area (Å²) in [5.74, 6) is 0. The van der Waals surface area contributed by atoms with Gasteiger partial charge in [0.15, 0.2) is 0 Å². The first-order valence-corrected chi connectivity index (χ1v) is 8.48. The van der Waals surface area contributed by atoms with Gasteiger partial charge in [0.2, 0.25) is 5.01 Å². The van der Waals surface area contributed by atoms with Gasteiger partial charge in [-0.2, -0.15) is 4.98 Å². The minimum absolute atomic E-state index is 0.00437. The first-order chi connectivity index (χ1) is 10.8. The monoisotopic (exact) mass is 353 g/mol. The number of fused-ring (bicyclic) bond motifs is 1. The Balaban J connectivity index is 0.000000338. The van der Waals surface area contributed by atoms with Gasteiger partial charge in [0.1, 0.15) is 5.39 Å². The number of aromatic amines is 1. The molecule has 3 aromatic rings. The average Bonchev–Trinajstić information content (AvgIpc) is 2.47. The average molecular weight is 354 g/mol. The minimum Gasteiger partial charge on any atom is -0.222 e. The molecule has 8 heteroatoms. The van der Waals surface area contributed by atoms with Gasteiger partial charge in [-0.25, -0.2) is 23.4 Å². The van der Waals surface area contributed by atoms with E-state index in [9.17, 15) is 4.79 Å². The number of aromatic nitrogens is 1. The summed E-state index contributed by atoms with van der Waals surface area (Å²) < 4.78 is 35.0. The molecule has 2 aromatic carbocycles. The zero-order valence-corrected chi connectivity index (χ0v) is 13.3. The zero-order valence-electron chi connectivity index (χ0n) is 11.7. The second kappa shape index (κ2) is 7.60. The fourth-order valence-electron chi connectivity index (χ4n) is 1.96. The van der Waals surface area contributed by atoms with E-state index in [1.165, 1.54) is 5.56 Å². The maximum atomic E-state index is 11.9. The predicted octanol–water partition coefficient (Wildman–Crippen LogP) is -2.09. The van der Waals surface area contributed by atoms with E-state index in [1.807, 2.05) is 42.5 Å². The van der Waals surface area contributed by atoms with Gasteiger partial charge in [0.25, 0.3) is 0 Å². The molecule has 1 N–H and O–H groups in total. The molecule has 0 saturated carbocycles. The molecule has 0 spiro atoms. The SMILES string of the molecule is O=c1[nH+]c(Cc2ccccc2)sc2ccccc12.[O-][Cl+3]([O-])([O-])[O-]. The van der Waals surface area contributed by atoms with E-state index in [4.69, 9.17) is 18.6 Å². The van der Waals surface area contributed by atoms with E-state index >= 15 is 0 Å². The molecule has 1 heterocycles. The number of hydrogen-bond donors (Lipinski definition) is 0. The number of nitrogens with one attached hydrogen (secondary N) is 1. The Labute approximate surface area is 137 Å². The third-order valence-corrected chi connectivity index (χ3v) is 3.89. The Hall–Kier alpha value is -1.87. The largest absolute Gasteiger partial charge is 0.420 e. The summed E-state index contributed by atoms with van der Waals surface area (Å²) in [6.45, 7) is 0. The van der Waals surface area contributed by atoms with Crippen LogP contribution in [0.1, 0.15) is 10.6 Å². The summed E-state index contributed by atoms with van der Waals surface area (Å²) in [7, 11) is -4.94. The molecule has 0 aliphatic carbocycles. The first kappa shape index (κ1) is 17.5. The second-order valence-electron chi connectivity index (χ2n) is 4.52. The second-order valence-corrected chi connectivity index (χ2v) is 6.41. The maximum absolute atomic E-state index is 11.9. The van der Waals surface area contributed by atoms with Gasteiger partial charge in [-0.1, -0.05) is 53.8 Å². The Bertz CT molecular complexity index is 826. The number of rotatable bonds is 2. The van der Waals surface area contributed by atoms with Gasteiger partial charge in [-0.05, 0) is 17.7 Å². The van der Waals surface area contributed by atoms with Crippen molar-refractivity contribution in [3.05, 3.63) is 75.5 Å². The molecule has 0 unspecified atom stereocenters. The van der Waals surface area contributed by atoms with E-state index in [0.717, 1.165) is 21.5 Å². The molecular formula is C15H12ClNO5S. The van der Waals surface area contributed by atoms with Crippen molar-refractivity contribution in [2.24, 2.45) is 0 Å². The Morgan fingerprint density at radius 1 is 0.913 bits per heavy atom. The lowest BCUT2D eigenvalue weighted by Crippen LogP contribution is -2.68. The van der Waals surface area contributed by atoms with Crippen molar-refractivity contribution in [3.63, 3.8) is 0 Å². The molecule has 6 nitrogen and oxygen atoms in total. The van der Waals surface area contributed by atoms with E-state index in [-0.39, 0.29) is 5.56 Å². The van der Waals surface area contributed by atoms with Gasteiger partial charge in [0, 0.05) is 0 Å². The summed E-state index contributed by atoms with van der Waals surface area (Å²) in [4.78, 5) is 14.9. The summed E-state index contributed by atoms with van der Waals surface area (Å²) in [6.07, 6.45) is 0.769. The van der Waals surface area contributed by atoms with Crippen molar-refractivity contribution in [2.45, 2.75) is 6.42 Å². The number of H-pyrrole nitrogens is 1. The summed E-state index contributed by atoms with van der Waals surface area (Å²) in [5, 5.41) is 1.75. The van der Waals surface area contributed by atoms with E-state index in [0.29, 0.717) is 0 Å². The maximum Gasteiger partial charge on any atom is 0.420 e. The van der Waals surface area contributed by atoms with Crippen LogP contribution < -0.4 is 29.2 Å². The van der Waals surface area contributed by atoms with Crippen LogP contribution in [0.2, 0.25) is 0 Å². The molecule has 1 aromatic heterocycles. The molecule has 0 fully saturated rings. The molecule has 0 atom stereocenters. The zero-order chi connectivity index (χ0) is 16.9. The van der Waals surface area contributed by atoms with Gasteiger partial charge >= 0.3 is 5.56 Å². The number of hydrogen-bond acceptors (Lipinski definition) is 6. The predicted molar refractivity (Wildman–Crippen MR) is 73.9 cm³/mol. The molecule has 120 valence electrons. The number of benzene rings is 2. The van der Waals surface area contributed by atoms with Crippen LogP contribution in [0.3, 0.4) is 0 Å². The lowest BCUT2D eigenvalue weighted by molar-refractivity contribution is -2.00. The van der Waals surface area contributed by atoms with Crippen LogP contribution in [0.15, 0.2) is 59.4 Å². The van der Waals surface area contributed by atoms with Crippen molar-refractivity contribution in [1.82, 2.24) is 0 Å². The Morgan fingerprint density at radius 3 is 2.13 bits per heavy atom. The van der Waals surface area contributed by atoms with Gasteiger partial charge < -0.3 is 0 Å². The van der Waals surface area contributed by atoms with Crippen molar-refractivity contribution >= 4 is 21.4 Å². The first-order valence-electron chi connectivity index (χ1n) is 6.42. The third-order valence-electron chi connectivity index (χ3n) is 2.83.